The van der Waals surface area contributed by atoms with Crippen LogP contribution in [0.1, 0.15) is 28.8 Å². The highest BCUT2D eigenvalue weighted by molar-refractivity contribution is 9.10. The maximum atomic E-state index is 12.6. The van der Waals surface area contributed by atoms with Crippen LogP contribution in [0.4, 0.5) is 0 Å². The Labute approximate surface area is 121 Å². The van der Waals surface area contributed by atoms with Gasteiger partial charge in [0.25, 0.3) is 5.91 Å². The highest BCUT2D eigenvalue weighted by atomic mass is 79.9. The van der Waals surface area contributed by atoms with Crippen molar-refractivity contribution in [1.29, 1.82) is 0 Å². The summed E-state index contributed by atoms with van der Waals surface area (Å²) in [6, 6.07) is 5.73. The first-order valence-corrected chi connectivity index (χ1v) is 7.59. The van der Waals surface area contributed by atoms with Crippen molar-refractivity contribution in [3.05, 3.63) is 33.8 Å². The number of likely N-dealkylation sites (tertiary alicyclic amines) is 1. The van der Waals surface area contributed by atoms with Gasteiger partial charge >= 0.3 is 0 Å². The van der Waals surface area contributed by atoms with Gasteiger partial charge in [0.1, 0.15) is 0 Å². The average molecular weight is 324 g/mol. The molecule has 0 aromatic heterocycles. The number of carbonyl (C=O) groups excluding carboxylic acids is 1. The molecule has 1 saturated heterocycles. The molecule has 2 aliphatic rings. The molecule has 2 fully saturated rings. The first-order chi connectivity index (χ1) is 9.08. The first kappa shape index (κ1) is 13.1. The summed E-state index contributed by atoms with van der Waals surface area (Å²) >= 11 is 3.47. The number of benzene rings is 1. The molecule has 1 aromatic rings. The quantitative estimate of drug-likeness (QED) is 0.863. The third kappa shape index (κ3) is 2.21. The number of carbonyl (C=O) groups is 1. The molecule has 1 amide bonds. The molecule has 1 aromatic carbocycles. The van der Waals surface area contributed by atoms with Gasteiger partial charge in [0, 0.05) is 29.0 Å². The van der Waals surface area contributed by atoms with Crippen molar-refractivity contribution in [2.24, 2.45) is 11.8 Å². The molecule has 3 nitrogen and oxygen atoms in total. The fraction of sp³-hybridized carbons (Fsp3) is 0.533. The van der Waals surface area contributed by atoms with Crippen molar-refractivity contribution < 1.29 is 9.90 Å². The first-order valence-electron chi connectivity index (χ1n) is 6.80. The topological polar surface area (TPSA) is 40.5 Å². The largest absolute Gasteiger partial charge is 0.393 e. The van der Waals surface area contributed by atoms with Gasteiger partial charge in [-0.1, -0.05) is 22.0 Å². The summed E-state index contributed by atoms with van der Waals surface area (Å²) in [7, 11) is 0. The molecule has 4 heteroatoms. The summed E-state index contributed by atoms with van der Waals surface area (Å²) in [4.78, 5) is 14.5. The van der Waals surface area contributed by atoms with Crippen LogP contribution in [0, 0.1) is 18.8 Å². The second-order valence-electron chi connectivity index (χ2n) is 5.69. The molecule has 0 bridgehead atoms. The highest BCUT2D eigenvalue weighted by Gasteiger charge is 2.43. The van der Waals surface area contributed by atoms with Crippen molar-refractivity contribution in [2.75, 3.05) is 13.1 Å². The van der Waals surface area contributed by atoms with E-state index < -0.39 is 0 Å². The van der Waals surface area contributed by atoms with Gasteiger partial charge < -0.3 is 10.0 Å². The lowest BCUT2D eigenvalue weighted by atomic mass is 10.00. The smallest absolute Gasteiger partial charge is 0.254 e. The number of amides is 1. The lowest BCUT2D eigenvalue weighted by molar-refractivity contribution is 0.0751. The van der Waals surface area contributed by atoms with Crippen LogP contribution in [0.3, 0.4) is 0 Å². The Hall–Kier alpha value is -0.870. The number of aliphatic hydroxyl groups excluding tert-OH is 1. The van der Waals surface area contributed by atoms with Gasteiger partial charge in [0.15, 0.2) is 0 Å². The molecule has 1 N–H and O–H groups in total. The molecular formula is C15H18BrNO2. The maximum Gasteiger partial charge on any atom is 0.254 e. The summed E-state index contributed by atoms with van der Waals surface area (Å²) in [6.07, 6.45) is 1.73. The van der Waals surface area contributed by atoms with Crippen molar-refractivity contribution in [2.45, 2.75) is 25.9 Å². The van der Waals surface area contributed by atoms with Gasteiger partial charge in [0.05, 0.1) is 6.10 Å². The molecule has 19 heavy (non-hydrogen) atoms. The number of nitrogens with zero attached hydrogens (tertiary/aromatic N) is 1. The van der Waals surface area contributed by atoms with Crippen molar-refractivity contribution >= 4 is 21.8 Å². The van der Waals surface area contributed by atoms with Crippen LogP contribution in [0.5, 0.6) is 0 Å². The molecule has 3 atom stereocenters. The summed E-state index contributed by atoms with van der Waals surface area (Å²) < 4.78 is 0.970. The summed E-state index contributed by atoms with van der Waals surface area (Å²) in [5.41, 5.74) is 1.76. The van der Waals surface area contributed by atoms with E-state index in [4.69, 9.17) is 0 Å². The highest BCUT2D eigenvalue weighted by Crippen LogP contribution is 2.38. The third-order valence-corrected chi connectivity index (χ3v) is 5.46. The average Bonchev–Trinajstić information content (AvgIpc) is 2.95. The predicted molar refractivity (Wildman–Crippen MR) is 77.0 cm³/mol. The fourth-order valence-corrected chi connectivity index (χ4v) is 3.78. The molecule has 1 heterocycles. The van der Waals surface area contributed by atoms with E-state index >= 15 is 0 Å². The normalized spacial score (nSPS) is 29.6. The van der Waals surface area contributed by atoms with Crippen molar-refractivity contribution in [3.8, 4) is 0 Å². The van der Waals surface area contributed by atoms with E-state index in [1.54, 1.807) is 0 Å². The predicted octanol–water partition coefficient (Wildman–Crippen LogP) is 2.60. The fourth-order valence-electron chi connectivity index (χ4n) is 3.41. The summed E-state index contributed by atoms with van der Waals surface area (Å²) in [6.45, 7) is 3.46. The van der Waals surface area contributed by atoms with E-state index in [-0.39, 0.29) is 17.9 Å². The van der Waals surface area contributed by atoms with Gasteiger partial charge in [-0.2, -0.15) is 0 Å². The number of fused-ring (bicyclic) bond motifs is 1. The van der Waals surface area contributed by atoms with E-state index in [1.807, 2.05) is 30.0 Å². The van der Waals surface area contributed by atoms with Crippen LogP contribution >= 0.6 is 15.9 Å². The minimum absolute atomic E-state index is 0.0976. The van der Waals surface area contributed by atoms with Crippen LogP contribution in [-0.2, 0) is 0 Å². The number of hydrogen-bond acceptors (Lipinski definition) is 2. The zero-order valence-corrected chi connectivity index (χ0v) is 12.6. The molecule has 1 aliphatic heterocycles. The molecule has 3 unspecified atom stereocenters. The van der Waals surface area contributed by atoms with Crippen molar-refractivity contribution in [3.63, 3.8) is 0 Å². The van der Waals surface area contributed by atoms with E-state index in [9.17, 15) is 9.90 Å². The number of aliphatic hydroxyl groups is 1. The van der Waals surface area contributed by atoms with Crippen LogP contribution < -0.4 is 0 Å². The summed E-state index contributed by atoms with van der Waals surface area (Å²) in [5, 5.41) is 9.92. The number of halogens is 1. The van der Waals surface area contributed by atoms with Crippen LogP contribution in [0.25, 0.3) is 0 Å². The lowest BCUT2D eigenvalue weighted by Gasteiger charge is -2.19. The molecular weight excluding hydrogens is 306 g/mol. The second kappa shape index (κ2) is 4.91. The van der Waals surface area contributed by atoms with Crippen molar-refractivity contribution in [1.82, 2.24) is 4.90 Å². The Morgan fingerprint density at radius 3 is 2.89 bits per heavy atom. The molecule has 0 radical (unpaired) electrons. The van der Waals surface area contributed by atoms with Gasteiger partial charge in [-0.05, 0) is 43.4 Å². The lowest BCUT2D eigenvalue weighted by Crippen LogP contribution is -2.31. The number of rotatable bonds is 1. The van der Waals surface area contributed by atoms with Crippen LogP contribution in [0.15, 0.2) is 22.7 Å². The number of hydrogen-bond donors (Lipinski definition) is 1. The maximum absolute atomic E-state index is 12.6. The van der Waals surface area contributed by atoms with Gasteiger partial charge in [-0.15, -0.1) is 0 Å². The standard InChI is InChI=1S/C15H18BrNO2/c1-9-11(3-2-4-13(9)16)15(19)17-7-10-5-6-14(18)12(10)8-17/h2-4,10,12,14,18H,5-8H2,1H3. The Balaban J connectivity index is 1.81. The van der Waals surface area contributed by atoms with Gasteiger partial charge in [-0.25, -0.2) is 0 Å². The van der Waals surface area contributed by atoms with E-state index in [2.05, 4.69) is 15.9 Å². The minimum atomic E-state index is -0.216. The van der Waals surface area contributed by atoms with E-state index in [0.29, 0.717) is 12.5 Å². The molecule has 3 rings (SSSR count). The molecule has 0 spiro atoms. The Morgan fingerprint density at radius 2 is 2.16 bits per heavy atom. The zero-order valence-electron chi connectivity index (χ0n) is 11.0. The van der Waals surface area contributed by atoms with E-state index in [1.165, 1.54) is 0 Å². The monoisotopic (exact) mass is 323 g/mol. The molecule has 102 valence electrons. The van der Waals surface area contributed by atoms with E-state index in [0.717, 1.165) is 35.0 Å². The third-order valence-electron chi connectivity index (χ3n) is 4.60. The zero-order chi connectivity index (χ0) is 13.6. The second-order valence-corrected chi connectivity index (χ2v) is 6.55. The Kier molecular flexibility index (Phi) is 3.39. The molecule has 1 aliphatic carbocycles. The molecule has 1 saturated carbocycles. The van der Waals surface area contributed by atoms with Crippen LogP contribution in [-0.4, -0.2) is 35.1 Å². The Morgan fingerprint density at radius 1 is 1.37 bits per heavy atom. The minimum Gasteiger partial charge on any atom is -0.393 e. The van der Waals surface area contributed by atoms with Crippen LogP contribution in [0.2, 0.25) is 0 Å². The van der Waals surface area contributed by atoms with Gasteiger partial charge in [0.2, 0.25) is 0 Å². The Bertz CT molecular complexity index is 517. The van der Waals surface area contributed by atoms with Gasteiger partial charge in [-0.3, -0.25) is 4.79 Å². The summed E-state index contributed by atoms with van der Waals surface area (Å²) in [5.74, 6) is 0.878. The SMILES string of the molecule is Cc1c(Br)cccc1C(=O)N1CC2CCC(O)C2C1.